The van der Waals surface area contributed by atoms with Gasteiger partial charge in [-0.15, -0.1) is 0 Å². The average Bonchev–Trinajstić information content (AvgIpc) is 2.21. The Labute approximate surface area is 86.9 Å². The highest BCUT2D eigenvalue weighted by Crippen LogP contribution is 2.19. The van der Waals surface area contributed by atoms with Gasteiger partial charge in [-0.05, 0) is 38.3 Å². The second-order valence-electron chi connectivity index (χ2n) is 3.35. The summed E-state index contributed by atoms with van der Waals surface area (Å²) in [5, 5.41) is 3.44. The molecule has 0 aromatic rings. The normalized spacial score (nSPS) is 17.8. The van der Waals surface area contributed by atoms with Gasteiger partial charge in [0, 0.05) is 11.4 Å². The van der Waals surface area contributed by atoms with E-state index in [1.54, 1.807) is 0 Å². The molecule has 0 amide bonds. The van der Waals surface area contributed by atoms with E-state index in [1.807, 2.05) is 6.92 Å². The average molecular weight is 189 g/mol. The van der Waals surface area contributed by atoms with Crippen LogP contribution in [0.2, 0.25) is 0 Å². The molecule has 0 bridgehead atoms. The van der Waals surface area contributed by atoms with Crippen molar-refractivity contribution < 1.29 is 0 Å². The smallest absolute Gasteiger partial charge is 0.0414 e. The van der Waals surface area contributed by atoms with E-state index in [4.69, 9.17) is 0 Å². The third-order valence-electron chi connectivity index (χ3n) is 2.29. The third-order valence-corrected chi connectivity index (χ3v) is 2.29. The molecule has 76 valence electrons. The Hall–Kier alpha value is -1.24. The van der Waals surface area contributed by atoms with E-state index in [0.29, 0.717) is 0 Å². The molecule has 1 N–H and O–H groups in total. The lowest BCUT2D eigenvalue weighted by Gasteiger charge is -2.18. The van der Waals surface area contributed by atoms with E-state index in [-0.39, 0.29) is 0 Å². The van der Waals surface area contributed by atoms with Gasteiger partial charge >= 0.3 is 0 Å². The molecule has 1 heterocycles. The zero-order chi connectivity index (χ0) is 10.4. The summed E-state index contributed by atoms with van der Waals surface area (Å²) in [4.78, 5) is 0. The van der Waals surface area contributed by atoms with Gasteiger partial charge in [0.2, 0.25) is 0 Å². The van der Waals surface area contributed by atoms with Crippen molar-refractivity contribution in [1.82, 2.24) is 5.32 Å². The lowest BCUT2D eigenvalue weighted by molar-refractivity contribution is 0.859. The Bertz CT molecular complexity index is 303. The van der Waals surface area contributed by atoms with Gasteiger partial charge < -0.3 is 5.32 Å². The summed E-state index contributed by atoms with van der Waals surface area (Å²) in [7, 11) is 0. The largest absolute Gasteiger partial charge is 0.359 e. The molecule has 0 atom stereocenters. The van der Waals surface area contributed by atoms with Gasteiger partial charge in [0.05, 0.1) is 0 Å². The van der Waals surface area contributed by atoms with Crippen LogP contribution in [0.25, 0.3) is 0 Å². The summed E-state index contributed by atoms with van der Waals surface area (Å²) in [5.74, 6) is 0. The molecule has 0 fully saturated rings. The Morgan fingerprint density at radius 3 is 2.57 bits per heavy atom. The van der Waals surface area contributed by atoms with Gasteiger partial charge in [0.15, 0.2) is 0 Å². The maximum atomic E-state index is 3.44. The van der Waals surface area contributed by atoms with Gasteiger partial charge in [0.25, 0.3) is 0 Å². The summed E-state index contributed by atoms with van der Waals surface area (Å²) < 4.78 is 0. The lowest BCUT2D eigenvalue weighted by atomic mass is 10.0. The molecule has 1 nitrogen and oxygen atoms in total. The van der Waals surface area contributed by atoms with Gasteiger partial charge in [-0.2, -0.15) is 0 Å². The highest BCUT2D eigenvalue weighted by Gasteiger charge is 2.07. The van der Waals surface area contributed by atoms with Crippen molar-refractivity contribution in [1.29, 1.82) is 0 Å². The molecule has 14 heavy (non-hydrogen) atoms. The van der Waals surface area contributed by atoms with Crippen LogP contribution in [-0.4, -0.2) is 0 Å². The molecule has 0 saturated heterocycles. The molecule has 0 aliphatic carbocycles. The van der Waals surface area contributed by atoms with Crippen LogP contribution >= 0.6 is 0 Å². The first kappa shape index (κ1) is 10.8. The number of allylic oxidation sites excluding steroid dienone is 7. The van der Waals surface area contributed by atoms with Crippen LogP contribution in [-0.2, 0) is 0 Å². The molecule has 1 aliphatic rings. The first-order valence-electron chi connectivity index (χ1n) is 5.26. The van der Waals surface area contributed by atoms with Crippen molar-refractivity contribution in [3.05, 3.63) is 47.3 Å². The molecule has 0 aromatic carbocycles. The van der Waals surface area contributed by atoms with E-state index in [0.717, 1.165) is 12.8 Å². The van der Waals surface area contributed by atoms with E-state index >= 15 is 0 Å². The van der Waals surface area contributed by atoms with Gasteiger partial charge in [-0.3, -0.25) is 0 Å². The van der Waals surface area contributed by atoms with Crippen LogP contribution in [0.4, 0.5) is 0 Å². The molecular formula is C13H19N. The maximum absolute atomic E-state index is 3.44. The number of nitrogens with one attached hydrogen (secondary N) is 1. The number of hydrogen-bond donors (Lipinski definition) is 1. The fourth-order valence-corrected chi connectivity index (χ4v) is 1.55. The van der Waals surface area contributed by atoms with Crippen molar-refractivity contribution in [2.24, 2.45) is 0 Å². The first-order chi connectivity index (χ1) is 6.81. The minimum atomic E-state index is 1.04. The summed E-state index contributed by atoms with van der Waals surface area (Å²) in [6.07, 6.45) is 12.9. The zero-order valence-electron chi connectivity index (χ0n) is 9.30. The maximum Gasteiger partial charge on any atom is 0.0414 e. The molecule has 1 rings (SSSR count). The molecule has 0 spiro atoms. The highest BCUT2D eigenvalue weighted by atomic mass is 14.9. The van der Waals surface area contributed by atoms with Gasteiger partial charge in [-0.1, -0.05) is 31.2 Å². The monoisotopic (exact) mass is 189 g/mol. The topological polar surface area (TPSA) is 12.0 Å². The molecule has 0 saturated carbocycles. The summed E-state index contributed by atoms with van der Waals surface area (Å²) in [5.41, 5.74) is 3.93. The molecular weight excluding hydrogens is 170 g/mol. The van der Waals surface area contributed by atoms with Crippen LogP contribution in [0.1, 0.15) is 33.6 Å². The molecule has 1 aliphatic heterocycles. The van der Waals surface area contributed by atoms with Crippen molar-refractivity contribution in [2.75, 3.05) is 0 Å². The standard InChI is InChI=1S/C13H19N/c1-4-7-11-9-10-12(6-3)14-13(11)8-5-2/h4-5,7-8,10,14H,6,9H2,1-3H3/b7-4-,8-5-. The number of hydrogen-bond acceptors (Lipinski definition) is 1. The predicted octanol–water partition coefficient (Wildman–Crippen LogP) is 3.68. The van der Waals surface area contributed by atoms with Crippen molar-refractivity contribution in [3.63, 3.8) is 0 Å². The molecule has 0 unspecified atom stereocenters. The molecule has 0 radical (unpaired) electrons. The van der Waals surface area contributed by atoms with Gasteiger partial charge in [0.1, 0.15) is 0 Å². The van der Waals surface area contributed by atoms with Crippen molar-refractivity contribution in [3.8, 4) is 0 Å². The van der Waals surface area contributed by atoms with Crippen LogP contribution in [0, 0.1) is 0 Å². The second-order valence-corrected chi connectivity index (χ2v) is 3.35. The SMILES string of the molecule is C/C=C\C1=C(/C=C\C)NC(CC)=CC1. The Morgan fingerprint density at radius 1 is 1.29 bits per heavy atom. The Balaban J connectivity index is 2.87. The second kappa shape index (κ2) is 5.48. The fourth-order valence-electron chi connectivity index (χ4n) is 1.55. The third kappa shape index (κ3) is 2.63. The van der Waals surface area contributed by atoms with Crippen LogP contribution < -0.4 is 5.32 Å². The quantitative estimate of drug-likeness (QED) is 0.714. The van der Waals surface area contributed by atoms with E-state index in [9.17, 15) is 0 Å². The lowest BCUT2D eigenvalue weighted by Crippen LogP contribution is -2.16. The van der Waals surface area contributed by atoms with Crippen molar-refractivity contribution >= 4 is 0 Å². The van der Waals surface area contributed by atoms with Crippen LogP contribution in [0.5, 0.6) is 0 Å². The predicted molar refractivity (Wildman–Crippen MR) is 62.8 cm³/mol. The minimum absolute atomic E-state index is 1.04. The number of rotatable bonds is 3. The Morgan fingerprint density at radius 2 is 2.00 bits per heavy atom. The summed E-state index contributed by atoms with van der Waals surface area (Å²) in [6, 6.07) is 0. The van der Waals surface area contributed by atoms with E-state index in [2.05, 4.69) is 49.5 Å². The first-order valence-corrected chi connectivity index (χ1v) is 5.26. The summed E-state index contributed by atoms with van der Waals surface area (Å²) >= 11 is 0. The number of dihydropyridines is 1. The minimum Gasteiger partial charge on any atom is -0.359 e. The van der Waals surface area contributed by atoms with Crippen LogP contribution in [0.15, 0.2) is 47.3 Å². The van der Waals surface area contributed by atoms with Crippen LogP contribution in [0.3, 0.4) is 0 Å². The summed E-state index contributed by atoms with van der Waals surface area (Å²) in [6.45, 7) is 6.28. The molecule has 0 aromatic heterocycles. The Kier molecular flexibility index (Phi) is 4.24. The highest BCUT2D eigenvalue weighted by molar-refractivity contribution is 5.38. The van der Waals surface area contributed by atoms with Gasteiger partial charge in [-0.25, -0.2) is 0 Å². The van der Waals surface area contributed by atoms with Crippen molar-refractivity contribution in [2.45, 2.75) is 33.6 Å². The zero-order valence-corrected chi connectivity index (χ0v) is 9.30. The van der Waals surface area contributed by atoms with E-state index in [1.165, 1.54) is 17.0 Å². The van der Waals surface area contributed by atoms with E-state index < -0.39 is 0 Å². The molecule has 1 heteroatoms. The fraction of sp³-hybridized carbons (Fsp3) is 0.385.